The van der Waals surface area contributed by atoms with Crippen LogP contribution in [0.2, 0.25) is 0 Å². The fourth-order valence-corrected chi connectivity index (χ4v) is 3.44. The molecule has 0 saturated carbocycles. The Morgan fingerprint density at radius 3 is 2.81 bits per heavy atom. The van der Waals surface area contributed by atoms with Crippen LogP contribution < -0.4 is 5.32 Å². The monoisotopic (exact) mass is 370 g/mol. The van der Waals surface area contributed by atoms with E-state index in [0.29, 0.717) is 17.6 Å². The van der Waals surface area contributed by atoms with Crippen LogP contribution >= 0.6 is 11.3 Å². The van der Waals surface area contributed by atoms with Gasteiger partial charge in [-0.25, -0.2) is 4.98 Å². The second kappa shape index (κ2) is 8.23. The van der Waals surface area contributed by atoms with Gasteiger partial charge in [-0.05, 0) is 24.8 Å². The van der Waals surface area contributed by atoms with Gasteiger partial charge in [0.2, 0.25) is 17.6 Å². The summed E-state index contributed by atoms with van der Waals surface area (Å²) in [5.74, 6) is 1.11. The molecule has 2 heterocycles. The van der Waals surface area contributed by atoms with Crippen molar-refractivity contribution in [3.8, 4) is 11.4 Å². The van der Waals surface area contributed by atoms with Crippen molar-refractivity contribution in [2.75, 3.05) is 0 Å². The maximum atomic E-state index is 12.5. The van der Waals surface area contributed by atoms with E-state index in [1.165, 1.54) is 0 Å². The average molecular weight is 370 g/mol. The molecule has 0 aliphatic carbocycles. The van der Waals surface area contributed by atoms with Crippen LogP contribution in [0.4, 0.5) is 0 Å². The molecule has 7 heteroatoms. The summed E-state index contributed by atoms with van der Waals surface area (Å²) in [4.78, 5) is 21.1. The number of nitrogens with one attached hydrogen (secondary N) is 1. The van der Waals surface area contributed by atoms with E-state index in [0.717, 1.165) is 22.6 Å². The highest BCUT2D eigenvalue weighted by Gasteiger charge is 2.20. The third-order valence-electron chi connectivity index (χ3n) is 3.96. The first kappa shape index (κ1) is 18.3. The number of amides is 1. The predicted octanol–water partition coefficient (Wildman–Crippen LogP) is 3.95. The van der Waals surface area contributed by atoms with Gasteiger partial charge in [-0.1, -0.05) is 43.3 Å². The molecule has 3 rings (SSSR count). The van der Waals surface area contributed by atoms with E-state index in [1.54, 1.807) is 17.5 Å². The lowest BCUT2D eigenvalue weighted by Crippen LogP contribution is -2.30. The Labute approximate surface area is 156 Å². The number of benzene rings is 1. The molecule has 0 spiro atoms. The molecule has 1 amide bonds. The number of rotatable bonds is 7. The minimum atomic E-state index is -0.147. The van der Waals surface area contributed by atoms with Gasteiger partial charge in [0.1, 0.15) is 11.4 Å². The van der Waals surface area contributed by atoms with Gasteiger partial charge in [0.15, 0.2) is 0 Å². The van der Waals surface area contributed by atoms with Crippen LogP contribution in [0, 0.1) is 12.8 Å². The first-order chi connectivity index (χ1) is 12.5. The van der Waals surface area contributed by atoms with Gasteiger partial charge in [-0.2, -0.15) is 4.98 Å². The maximum Gasteiger partial charge on any atom is 0.236 e. The van der Waals surface area contributed by atoms with Crippen molar-refractivity contribution in [1.29, 1.82) is 0 Å². The molecule has 1 atom stereocenters. The van der Waals surface area contributed by atoms with E-state index in [-0.39, 0.29) is 18.4 Å². The van der Waals surface area contributed by atoms with Crippen molar-refractivity contribution in [2.45, 2.75) is 39.7 Å². The Morgan fingerprint density at radius 2 is 2.12 bits per heavy atom. The Balaban J connectivity index is 1.67. The molecule has 136 valence electrons. The van der Waals surface area contributed by atoms with Crippen LogP contribution in [0.5, 0.6) is 0 Å². The largest absolute Gasteiger partial charge is 0.346 e. The Bertz CT molecular complexity index is 858. The highest BCUT2D eigenvalue weighted by molar-refractivity contribution is 7.09. The van der Waals surface area contributed by atoms with Crippen molar-refractivity contribution in [2.24, 2.45) is 5.92 Å². The second-order valence-electron chi connectivity index (χ2n) is 6.62. The van der Waals surface area contributed by atoms with Crippen molar-refractivity contribution in [3.63, 3.8) is 0 Å². The van der Waals surface area contributed by atoms with Crippen molar-refractivity contribution in [1.82, 2.24) is 20.4 Å². The van der Waals surface area contributed by atoms with Crippen LogP contribution in [-0.2, 0) is 11.2 Å². The van der Waals surface area contributed by atoms with Gasteiger partial charge in [-0.15, -0.1) is 11.3 Å². The molecule has 0 saturated heterocycles. The highest BCUT2D eigenvalue weighted by atomic mass is 32.1. The van der Waals surface area contributed by atoms with Gasteiger partial charge >= 0.3 is 0 Å². The quantitative estimate of drug-likeness (QED) is 0.681. The van der Waals surface area contributed by atoms with E-state index in [2.05, 4.69) is 34.3 Å². The second-order valence-corrected chi connectivity index (χ2v) is 7.55. The first-order valence-corrected chi connectivity index (χ1v) is 9.48. The summed E-state index contributed by atoms with van der Waals surface area (Å²) in [6.45, 7) is 6.24. The van der Waals surface area contributed by atoms with Crippen LogP contribution in [0.3, 0.4) is 0 Å². The number of hydrogen-bond acceptors (Lipinski definition) is 6. The van der Waals surface area contributed by atoms with E-state index in [1.807, 2.05) is 36.6 Å². The first-order valence-electron chi connectivity index (χ1n) is 8.60. The Morgan fingerprint density at radius 1 is 1.31 bits per heavy atom. The minimum Gasteiger partial charge on any atom is -0.346 e. The van der Waals surface area contributed by atoms with Crippen molar-refractivity contribution in [3.05, 3.63) is 52.3 Å². The number of aryl methyl sites for hydroxylation is 1. The van der Waals surface area contributed by atoms with Gasteiger partial charge in [0.25, 0.3) is 0 Å². The number of carbonyl (C=O) groups is 1. The maximum absolute atomic E-state index is 12.5. The number of nitrogens with zero attached hydrogens (tertiary/aromatic N) is 3. The molecular formula is C19H22N4O2S. The molecule has 26 heavy (non-hydrogen) atoms. The standard InChI is InChI=1S/C19H22N4O2S/c1-12(2)10-15(19-20-8-9-26-19)21-16(24)11-17-22-18(23-25-17)14-7-5-4-6-13(14)3/h4-9,12,15H,10-11H2,1-3H3,(H,21,24). The molecule has 1 unspecified atom stereocenters. The molecule has 6 nitrogen and oxygen atoms in total. The zero-order valence-corrected chi connectivity index (χ0v) is 15.9. The van der Waals surface area contributed by atoms with Crippen LogP contribution in [0.1, 0.15) is 42.8 Å². The number of carbonyl (C=O) groups excluding carboxylic acids is 1. The van der Waals surface area contributed by atoms with E-state index in [9.17, 15) is 4.79 Å². The molecule has 0 aliphatic heterocycles. The summed E-state index contributed by atoms with van der Waals surface area (Å²) in [5.41, 5.74) is 1.97. The summed E-state index contributed by atoms with van der Waals surface area (Å²) in [6, 6.07) is 7.71. The van der Waals surface area contributed by atoms with Crippen LogP contribution in [0.25, 0.3) is 11.4 Å². The summed E-state index contributed by atoms with van der Waals surface area (Å²) < 4.78 is 5.26. The molecule has 1 aromatic carbocycles. The number of aromatic nitrogens is 3. The highest BCUT2D eigenvalue weighted by Crippen LogP contribution is 2.23. The molecular weight excluding hydrogens is 348 g/mol. The zero-order valence-electron chi connectivity index (χ0n) is 15.1. The number of hydrogen-bond donors (Lipinski definition) is 1. The summed E-state index contributed by atoms with van der Waals surface area (Å²) in [5, 5.41) is 9.88. The van der Waals surface area contributed by atoms with E-state index < -0.39 is 0 Å². The van der Waals surface area contributed by atoms with Gasteiger partial charge in [-0.3, -0.25) is 4.79 Å². The third-order valence-corrected chi connectivity index (χ3v) is 4.85. The lowest BCUT2D eigenvalue weighted by Gasteiger charge is -2.18. The molecule has 0 aliphatic rings. The normalized spacial score (nSPS) is 12.3. The molecule has 0 radical (unpaired) electrons. The van der Waals surface area contributed by atoms with Gasteiger partial charge in [0.05, 0.1) is 6.04 Å². The van der Waals surface area contributed by atoms with Crippen LogP contribution in [0.15, 0.2) is 40.4 Å². The Kier molecular flexibility index (Phi) is 5.78. The minimum absolute atomic E-state index is 0.0544. The van der Waals surface area contributed by atoms with Crippen molar-refractivity contribution < 1.29 is 9.32 Å². The van der Waals surface area contributed by atoms with E-state index >= 15 is 0 Å². The fraction of sp³-hybridized carbons (Fsp3) is 0.368. The predicted molar refractivity (Wildman–Crippen MR) is 101 cm³/mol. The van der Waals surface area contributed by atoms with Crippen LogP contribution in [-0.4, -0.2) is 21.0 Å². The third kappa shape index (κ3) is 4.54. The topological polar surface area (TPSA) is 80.9 Å². The summed E-state index contributed by atoms with van der Waals surface area (Å²) in [6.07, 6.45) is 2.64. The molecule has 1 N–H and O–H groups in total. The molecule has 0 fully saturated rings. The Hall–Kier alpha value is -2.54. The average Bonchev–Trinajstić information content (AvgIpc) is 3.26. The smallest absolute Gasteiger partial charge is 0.236 e. The molecule has 2 aromatic heterocycles. The SMILES string of the molecule is Cc1ccccc1-c1noc(CC(=O)NC(CC(C)C)c2nccs2)n1. The van der Waals surface area contributed by atoms with Crippen molar-refractivity contribution >= 4 is 17.2 Å². The lowest BCUT2D eigenvalue weighted by molar-refractivity contribution is -0.121. The summed E-state index contributed by atoms with van der Waals surface area (Å²) >= 11 is 1.55. The number of thiazole rings is 1. The fourth-order valence-electron chi connectivity index (χ4n) is 2.74. The van der Waals surface area contributed by atoms with Gasteiger partial charge < -0.3 is 9.84 Å². The lowest BCUT2D eigenvalue weighted by atomic mass is 10.0. The summed E-state index contributed by atoms with van der Waals surface area (Å²) in [7, 11) is 0. The van der Waals surface area contributed by atoms with E-state index in [4.69, 9.17) is 4.52 Å². The zero-order chi connectivity index (χ0) is 18.5. The molecule has 3 aromatic rings. The molecule has 0 bridgehead atoms. The van der Waals surface area contributed by atoms with Gasteiger partial charge in [0, 0.05) is 17.1 Å².